The number of halogens is 1. The molecule has 30 heavy (non-hydrogen) atoms. The van der Waals surface area contributed by atoms with Gasteiger partial charge in [0.25, 0.3) is 0 Å². The summed E-state index contributed by atoms with van der Waals surface area (Å²) in [5.41, 5.74) is 1.56. The predicted octanol–water partition coefficient (Wildman–Crippen LogP) is 2.26. The normalized spacial score (nSPS) is 18.7. The Labute approximate surface area is 179 Å². The van der Waals surface area contributed by atoms with Crippen LogP contribution in [0.3, 0.4) is 0 Å². The Kier molecular flexibility index (Phi) is 9.17. The van der Waals surface area contributed by atoms with E-state index < -0.39 is 0 Å². The lowest BCUT2D eigenvalue weighted by molar-refractivity contribution is 0.00989. The molecule has 2 aliphatic heterocycles. The topological polar surface area (TPSA) is 58.6 Å². The molecule has 2 aliphatic rings. The van der Waals surface area contributed by atoms with Crippen molar-refractivity contribution in [2.75, 3.05) is 71.7 Å². The summed E-state index contributed by atoms with van der Waals surface area (Å²) < 4.78 is 31.0. The quantitative estimate of drug-likeness (QED) is 0.394. The zero-order valence-corrected chi connectivity index (χ0v) is 18.2. The van der Waals surface area contributed by atoms with E-state index in [0.717, 1.165) is 70.2 Å². The van der Waals surface area contributed by atoms with Crippen molar-refractivity contribution in [1.29, 1.82) is 0 Å². The van der Waals surface area contributed by atoms with Crippen molar-refractivity contribution < 1.29 is 18.6 Å². The second-order valence-electron chi connectivity index (χ2n) is 7.69. The SMILES string of the molecule is CN=C(NCc1ccc(N2CCOCC2)c(F)c1)N1CCC(OCCCOC)CC1. The van der Waals surface area contributed by atoms with Crippen LogP contribution in [0, 0.1) is 5.82 Å². The van der Waals surface area contributed by atoms with Gasteiger partial charge in [-0.3, -0.25) is 4.99 Å². The maximum absolute atomic E-state index is 14.6. The van der Waals surface area contributed by atoms with Gasteiger partial charge in [-0.25, -0.2) is 4.39 Å². The number of piperidine rings is 1. The number of guanidine groups is 1. The van der Waals surface area contributed by atoms with E-state index in [1.54, 1.807) is 20.2 Å². The molecule has 2 fully saturated rings. The van der Waals surface area contributed by atoms with Crippen LogP contribution in [0.15, 0.2) is 23.2 Å². The number of methoxy groups -OCH3 is 1. The van der Waals surface area contributed by atoms with E-state index in [0.29, 0.717) is 31.5 Å². The minimum Gasteiger partial charge on any atom is -0.385 e. The highest BCUT2D eigenvalue weighted by Gasteiger charge is 2.22. The lowest BCUT2D eigenvalue weighted by Gasteiger charge is -2.34. The first-order valence-electron chi connectivity index (χ1n) is 10.9. The van der Waals surface area contributed by atoms with Gasteiger partial charge in [0.05, 0.1) is 25.0 Å². The number of nitrogens with zero attached hydrogens (tertiary/aromatic N) is 3. The van der Waals surface area contributed by atoms with Crippen LogP contribution in [0.1, 0.15) is 24.8 Å². The molecule has 7 nitrogen and oxygen atoms in total. The summed E-state index contributed by atoms with van der Waals surface area (Å²) in [6, 6.07) is 5.46. The standard InChI is InChI=1S/C22H35FN4O3/c1-24-22(27-8-6-19(7-9-27)30-13-3-12-28-2)25-17-18-4-5-21(20(23)16-18)26-10-14-29-15-11-26/h4-5,16,19H,3,6-15,17H2,1-2H3,(H,24,25). The van der Waals surface area contributed by atoms with Crippen LogP contribution < -0.4 is 10.2 Å². The van der Waals surface area contributed by atoms with Crippen molar-refractivity contribution >= 4 is 11.6 Å². The molecular formula is C22H35FN4O3. The molecule has 0 unspecified atom stereocenters. The molecule has 168 valence electrons. The first-order valence-corrected chi connectivity index (χ1v) is 10.9. The van der Waals surface area contributed by atoms with Crippen LogP contribution in [0.2, 0.25) is 0 Å². The van der Waals surface area contributed by atoms with E-state index in [9.17, 15) is 4.39 Å². The predicted molar refractivity (Wildman–Crippen MR) is 117 cm³/mol. The highest BCUT2D eigenvalue weighted by atomic mass is 19.1. The second kappa shape index (κ2) is 12.1. The Bertz CT molecular complexity index is 674. The van der Waals surface area contributed by atoms with Crippen LogP contribution in [-0.4, -0.2) is 83.7 Å². The highest BCUT2D eigenvalue weighted by Crippen LogP contribution is 2.22. The molecule has 0 radical (unpaired) electrons. The van der Waals surface area contributed by atoms with Gasteiger partial charge in [-0.1, -0.05) is 6.07 Å². The van der Waals surface area contributed by atoms with Crippen LogP contribution in [0.4, 0.5) is 10.1 Å². The van der Waals surface area contributed by atoms with Crippen LogP contribution in [0.5, 0.6) is 0 Å². The summed E-state index contributed by atoms with van der Waals surface area (Å²) in [6.45, 7) is 6.58. The number of aliphatic imine (C=N–C) groups is 1. The van der Waals surface area contributed by atoms with Gasteiger partial charge in [-0.05, 0) is 37.0 Å². The number of likely N-dealkylation sites (tertiary alicyclic amines) is 1. The minimum absolute atomic E-state index is 0.183. The third-order valence-corrected chi connectivity index (χ3v) is 5.61. The Morgan fingerprint density at radius 3 is 2.63 bits per heavy atom. The Hall–Kier alpha value is -1.90. The van der Waals surface area contributed by atoms with Crippen molar-refractivity contribution in [3.05, 3.63) is 29.6 Å². The lowest BCUT2D eigenvalue weighted by Crippen LogP contribution is -2.46. The molecule has 0 atom stereocenters. The van der Waals surface area contributed by atoms with E-state index >= 15 is 0 Å². The molecule has 0 aliphatic carbocycles. The maximum Gasteiger partial charge on any atom is 0.193 e. The minimum atomic E-state index is -0.183. The Balaban J connectivity index is 1.45. The molecule has 0 saturated carbocycles. The third-order valence-electron chi connectivity index (χ3n) is 5.61. The van der Waals surface area contributed by atoms with E-state index in [-0.39, 0.29) is 5.82 Å². The Morgan fingerprint density at radius 2 is 1.97 bits per heavy atom. The van der Waals surface area contributed by atoms with Gasteiger partial charge in [-0.2, -0.15) is 0 Å². The smallest absolute Gasteiger partial charge is 0.193 e. The van der Waals surface area contributed by atoms with E-state index in [4.69, 9.17) is 14.2 Å². The summed E-state index contributed by atoms with van der Waals surface area (Å²) >= 11 is 0. The number of anilines is 1. The number of benzene rings is 1. The van der Waals surface area contributed by atoms with E-state index in [1.807, 2.05) is 17.0 Å². The Morgan fingerprint density at radius 1 is 1.20 bits per heavy atom. The number of hydrogen-bond acceptors (Lipinski definition) is 5. The first kappa shape index (κ1) is 22.8. The van der Waals surface area contributed by atoms with Gasteiger partial charge in [0.15, 0.2) is 5.96 Å². The van der Waals surface area contributed by atoms with Crippen molar-refractivity contribution in [1.82, 2.24) is 10.2 Å². The number of ether oxygens (including phenoxy) is 3. The van der Waals surface area contributed by atoms with Crippen molar-refractivity contribution in [3.63, 3.8) is 0 Å². The fourth-order valence-electron chi connectivity index (χ4n) is 3.92. The number of rotatable bonds is 8. The molecule has 1 aromatic rings. The zero-order valence-electron chi connectivity index (χ0n) is 18.2. The average molecular weight is 423 g/mol. The van der Waals surface area contributed by atoms with Crippen molar-refractivity contribution in [2.24, 2.45) is 4.99 Å². The van der Waals surface area contributed by atoms with Crippen molar-refractivity contribution in [2.45, 2.75) is 31.9 Å². The molecular weight excluding hydrogens is 387 g/mol. The van der Waals surface area contributed by atoms with Gasteiger partial charge in [0.2, 0.25) is 0 Å². The number of morpholine rings is 1. The molecule has 1 aromatic carbocycles. The first-order chi connectivity index (χ1) is 14.7. The fourth-order valence-corrected chi connectivity index (χ4v) is 3.92. The molecule has 0 aromatic heterocycles. The monoisotopic (exact) mass is 422 g/mol. The molecule has 0 bridgehead atoms. The second-order valence-corrected chi connectivity index (χ2v) is 7.69. The van der Waals surface area contributed by atoms with Gasteiger partial charge in [0.1, 0.15) is 5.82 Å². The largest absolute Gasteiger partial charge is 0.385 e. The summed E-state index contributed by atoms with van der Waals surface area (Å²) in [5.74, 6) is 0.670. The highest BCUT2D eigenvalue weighted by molar-refractivity contribution is 5.80. The van der Waals surface area contributed by atoms with Crippen LogP contribution in [0.25, 0.3) is 0 Å². The molecule has 0 amide bonds. The summed E-state index contributed by atoms with van der Waals surface area (Å²) in [6.07, 6.45) is 3.20. The average Bonchev–Trinajstić information content (AvgIpc) is 2.79. The molecule has 2 saturated heterocycles. The van der Waals surface area contributed by atoms with E-state index in [2.05, 4.69) is 15.2 Å². The van der Waals surface area contributed by atoms with Gasteiger partial charge >= 0.3 is 0 Å². The number of nitrogens with one attached hydrogen (secondary N) is 1. The van der Waals surface area contributed by atoms with Crippen LogP contribution >= 0.6 is 0 Å². The number of hydrogen-bond donors (Lipinski definition) is 1. The van der Waals surface area contributed by atoms with Gasteiger partial charge in [-0.15, -0.1) is 0 Å². The van der Waals surface area contributed by atoms with Gasteiger partial charge in [0, 0.05) is 60.1 Å². The lowest BCUT2D eigenvalue weighted by atomic mass is 10.1. The van der Waals surface area contributed by atoms with Gasteiger partial charge < -0.3 is 29.3 Å². The maximum atomic E-state index is 14.6. The summed E-state index contributed by atoms with van der Waals surface area (Å²) in [7, 11) is 3.50. The molecule has 8 heteroatoms. The molecule has 0 spiro atoms. The zero-order chi connectivity index (χ0) is 21.2. The van der Waals surface area contributed by atoms with Crippen molar-refractivity contribution in [3.8, 4) is 0 Å². The summed E-state index contributed by atoms with van der Waals surface area (Å²) in [5, 5.41) is 3.37. The molecule has 2 heterocycles. The molecule has 3 rings (SSSR count). The third kappa shape index (κ3) is 6.55. The summed E-state index contributed by atoms with van der Waals surface area (Å²) in [4.78, 5) is 8.69. The van der Waals surface area contributed by atoms with E-state index in [1.165, 1.54) is 0 Å². The van der Waals surface area contributed by atoms with Crippen LogP contribution in [-0.2, 0) is 20.8 Å². The molecule has 1 N–H and O–H groups in total. The fraction of sp³-hybridized carbons (Fsp3) is 0.682.